The van der Waals surface area contributed by atoms with Crippen molar-refractivity contribution in [1.29, 1.82) is 0 Å². The van der Waals surface area contributed by atoms with Crippen LogP contribution in [0.15, 0.2) is 6.07 Å². The van der Waals surface area contributed by atoms with Crippen molar-refractivity contribution in [2.45, 2.75) is 52.6 Å². The third-order valence-corrected chi connectivity index (χ3v) is 3.73. The van der Waals surface area contributed by atoms with E-state index in [9.17, 15) is 4.79 Å². The van der Waals surface area contributed by atoms with E-state index in [0.29, 0.717) is 6.42 Å². The van der Waals surface area contributed by atoms with Gasteiger partial charge in [-0.3, -0.25) is 4.79 Å². The molecule has 1 amide bonds. The van der Waals surface area contributed by atoms with E-state index in [1.807, 2.05) is 13.8 Å². The number of rotatable bonds is 5. The molecule has 1 aromatic heterocycles. The van der Waals surface area contributed by atoms with Crippen LogP contribution < -0.4 is 11.1 Å². The molecule has 0 aliphatic heterocycles. The predicted molar refractivity (Wildman–Crippen MR) is 73.2 cm³/mol. The van der Waals surface area contributed by atoms with Crippen molar-refractivity contribution >= 4 is 17.2 Å². The number of amides is 1. The summed E-state index contributed by atoms with van der Waals surface area (Å²) in [6.07, 6.45) is 1.24. The summed E-state index contributed by atoms with van der Waals surface area (Å²) in [5.74, 6) is 0.0815. The number of hydrogen-bond donors (Lipinski definition) is 2. The van der Waals surface area contributed by atoms with Gasteiger partial charge in [0.15, 0.2) is 0 Å². The Balaban J connectivity index is 2.51. The first-order chi connectivity index (χ1) is 7.90. The molecule has 0 spiro atoms. The Labute approximate surface area is 107 Å². The van der Waals surface area contributed by atoms with E-state index in [0.717, 1.165) is 6.42 Å². The molecule has 1 aromatic rings. The van der Waals surface area contributed by atoms with E-state index in [-0.39, 0.29) is 18.0 Å². The highest BCUT2D eigenvalue weighted by atomic mass is 32.1. The van der Waals surface area contributed by atoms with E-state index in [4.69, 9.17) is 5.73 Å². The summed E-state index contributed by atoms with van der Waals surface area (Å²) in [6.45, 7) is 8.13. The lowest BCUT2D eigenvalue weighted by Gasteiger charge is -2.14. The molecule has 3 N–H and O–H groups in total. The highest BCUT2D eigenvalue weighted by Gasteiger charge is 2.13. The molecule has 3 nitrogen and oxygen atoms in total. The second-order valence-electron chi connectivity index (χ2n) is 4.67. The Morgan fingerprint density at radius 1 is 1.47 bits per heavy atom. The predicted octanol–water partition coefficient (Wildman–Crippen LogP) is 2.67. The molecule has 0 saturated carbocycles. The van der Waals surface area contributed by atoms with Crippen LogP contribution in [0.25, 0.3) is 0 Å². The molecule has 0 fully saturated rings. The monoisotopic (exact) mass is 254 g/mol. The molecule has 17 heavy (non-hydrogen) atoms. The zero-order valence-corrected chi connectivity index (χ0v) is 11.9. The van der Waals surface area contributed by atoms with Crippen LogP contribution in [0.1, 0.15) is 48.0 Å². The number of aryl methyl sites for hydroxylation is 2. The maximum Gasteiger partial charge on any atom is 0.220 e. The number of carbonyl (C=O) groups is 1. The van der Waals surface area contributed by atoms with E-state index in [2.05, 4.69) is 25.2 Å². The fourth-order valence-corrected chi connectivity index (χ4v) is 2.85. The molecular formula is C13H22N2OS. The summed E-state index contributed by atoms with van der Waals surface area (Å²) >= 11 is 1.77. The SMILES string of the molecule is Cc1cc(C(C)NC(=O)CCC(C)N)c(C)s1. The minimum absolute atomic E-state index is 0.0815. The van der Waals surface area contributed by atoms with Gasteiger partial charge in [-0.15, -0.1) is 11.3 Å². The molecule has 1 rings (SSSR count). The van der Waals surface area contributed by atoms with Crippen molar-refractivity contribution in [3.63, 3.8) is 0 Å². The number of carbonyl (C=O) groups excluding carboxylic acids is 1. The van der Waals surface area contributed by atoms with Gasteiger partial charge in [0.2, 0.25) is 5.91 Å². The molecule has 1 heterocycles. The zero-order valence-electron chi connectivity index (χ0n) is 11.0. The van der Waals surface area contributed by atoms with Crippen molar-refractivity contribution < 1.29 is 4.79 Å². The van der Waals surface area contributed by atoms with E-state index in [1.54, 1.807) is 11.3 Å². The standard InChI is InChI=1S/C13H22N2OS/c1-8(14)5-6-13(16)15-10(3)12-7-9(2)17-11(12)4/h7-8,10H,5-6,14H2,1-4H3,(H,15,16). The van der Waals surface area contributed by atoms with Crippen LogP contribution in [0, 0.1) is 13.8 Å². The number of nitrogens with one attached hydrogen (secondary N) is 1. The Bertz CT molecular complexity index is 385. The van der Waals surface area contributed by atoms with E-state index >= 15 is 0 Å². The molecule has 4 heteroatoms. The molecule has 2 unspecified atom stereocenters. The van der Waals surface area contributed by atoms with Crippen LogP contribution in [-0.4, -0.2) is 11.9 Å². The largest absolute Gasteiger partial charge is 0.350 e. The van der Waals surface area contributed by atoms with Crippen molar-refractivity contribution in [3.8, 4) is 0 Å². The summed E-state index contributed by atoms with van der Waals surface area (Å²) in [5, 5.41) is 3.02. The molecule has 0 radical (unpaired) electrons. The van der Waals surface area contributed by atoms with Gasteiger partial charge in [-0.25, -0.2) is 0 Å². The minimum atomic E-state index is 0.0815. The zero-order chi connectivity index (χ0) is 13.0. The summed E-state index contributed by atoms with van der Waals surface area (Å²) in [4.78, 5) is 14.3. The van der Waals surface area contributed by atoms with E-state index in [1.165, 1.54) is 15.3 Å². The Morgan fingerprint density at radius 2 is 2.12 bits per heavy atom. The van der Waals surface area contributed by atoms with Crippen LogP contribution in [0.4, 0.5) is 0 Å². The topological polar surface area (TPSA) is 55.1 Å². The van der Waals surface area contributed by atoms with E-state index < -0.39 is 0 Å². The molecule has 0 saturated heterocycles. The van der Waals surface area contributed by atoms with Gasteiger partial charge in [-0.05, 0) is 45.7 Å². The second-order valence-corrected chi connectivity index (χ2v) is 6.13. The third kappa shape index (κ3) is 4.48. The van der Waals surface area contributed by atoms with Crippen molar-refractivity contribution in [2.75, 3.05) is 0 Å². The molecular weight excluding hydrogens is 232 g/mol. The van der Waals surface area contributed by atoms with Crippen molar-refractivity contribution in [3.05, 3.63) is 21.4 Å². The smallest absolute Gasteiger partial charge is 0.220 e. The first kappa shape index (κ1) is 14.2. The first-order valence-electron chi connectivity index (χ1n) is 6.02. The minimum Gasteiger partial charge on any atom is -0.350 e. The highest BCUT2D eigenvalue weighted by Crippen LogP contribution is 2.26. The summed E-state index contributed by atoms with van der Waals surface area (Å²) < 4.78 is 0. The molecule has 0 aromatic carbocycles. The maximum atomic E-state index is 11.7. The van der Waals surface area contributed by atoms with Gasteiger partial charge < -0.3 is 11.1 Å². The van der Waals surface area contributed by atoms with Gasteiger partial charge >= 0.3 is 0 Å². The van der Waals surface area contributed by atoms with Gasteiger partial charge in [-0.1, -0.05) is 0 Å². The number of thiophene rings is 1. The third-order valence-electron chi connectivity index (χ3n) is 2.75. The lowest BCUT2D eigenvalue weighted by Crippen LogP contribution is -2.28. The highest BCUT2D eigenvalue weighted by molar-refractivity contribution is 7.12. The maximum absolute atomic E-state index is 11.7. The van der Waals surface area contributed by atoms with Gasteiger partial charge in [0, 0.05) is 22.2 Å². The van der Waals surface area contributed by atoms with Gasteiger partial charge in [0.1, 0.15) is 0 Å². The van der Waals surface area contributed by atoms with Crippen molar-refractivity contribution in [2.24, 2.45) is 5.73 Å². The Kier molecular flexibility index (Phi) is 5.15. The Morgan fingerprint density at radius 3 is 2.59 bits per heavy atom. The summed E-state index contributed by atoms with van der Waals surface area (Å²) in [7, 11) is 0. The first-order valence-corrected chi connectivity index (χ1v) is 6.83. The Hall–Kier alpha value is -0.870. The van der Waals surface area contributed by atoms with Gasteiger partial charge in [0.05, 0.1) is 6.04 Å². The van der Waals surface area contributed by atoms with Crippen LogP contribution >= 0.6 is 11.3 Å². The van der Waals surface area contributed by atoms with Crippen LogP contribution in [0.3, 0.4) is 0 Å². The average Bonchev–Trinajstić information content (AvgIpc) is 2.55. The van der Waals surface area contributed by atoms with Crippen LogP contribution in [-0.2, 0) is 4.79 Å². The van der Waals surface area contributed by atoms with Gasteiger partial charge in [0.25, 0.3) is 0 Å². The lowest BCUT2D eigenvalue weighted by atomic mass is 10.1. The summed E-state index contributed by atoms with van der Waals surface area (Å²) in [5.41, 5.74) is 6.86. The number of hydrogen-bond acceptors (Lipinski definition) is 3. The molecule has 96 valence electrons. The fourth-order valence-electron chi connectivity index (χ4n) is 1.83. The lowest BCUT2D eigenvalue weighted by molar-refractivity contribution is -0.121. The molecule has 0 aliphatic rings. The van der Waals surface area contributed by atoms with Crippen LogP contribution in [0.2, 0.25) is 0 Å². The quantitative estimate of drug-likeness (QED) is 0.848. The average molecular weight is 254 g/mol. The fraction of sp³-hybridized carbons (Fsp3) is 0.615. The second kappa shape index (κ2) is 6.17. The molecule has 0 bridgehead atoms. The summed E-state index contributed by atoms with van der Waals surface area (Å²) in [6, 6.07) is 2.32. The number of nitrogens with two attached hydrogens (primary N) is 1. The van der Waals surface area contributed by atoms with Gasteiger partial charge in [-0.2, -0.15) is 0 Å². The molecule has 2 atom stereocenters. The van der Waals surface area contributed by atoms with Crippen LogP contribution in [0.5, 0.6) is 0 Å². The molecule has 0 aliphatic carbocycles. The normalized spacial score (nSPS) is 14.4. The van der Waals surface area contributed by atoms with Crippen molar-refractivity contribution in [1.82, 2.24) is 5.32 Å².